The van der Waals surface area contributed by atoms with Crippen molar-refractivity contribution in [2.75, 3.05) is 5.32 Å². The maximum Gasteiger partial charge on any atom is 0.267 e. The largest absolute Gasteiger partial charge is 0.320 e. The molecule has 21 heavy (non-hydrogen) atoms. The SMILES string of the molecule is O=C(Nc1cccnc1)c1sc2cc(Cl)cc(Cl)c2c1Cl. The van der Waals surface area contributed by atoms with Crippen molar-refractivity contribution in [3.05, 3.63) is 56.6 Å². The van der Waals surface area contributed by atoms with Crippen LogP contribution in [0.3, 0.4) is 0 Å². The summed E-state index contributed by atoms with van der Waals surface area (Å²) in [6.45, 7) is 0. The van der Waals surface area contributed by atoms with Gasteiger partial charge in [0.05, 0.1) is 21.9 Å². The second-order valence-corrected chi connectivity index (χ2v) is 6.48. The van der Waals surface area contributed by atoms with Crippen LogP contribution in [0, 0.1) is 0 Å². The zero-order valence-corrected chi connectivity index (χ0v) is 13.4. The lowest BCUT2D eigenvalue weighted by Crippen LogP contribution is -2.10. The molecule has 0 atom stereocenters. The number of hydrogen-bond acceptors (Lipinski definition) is 3. The van der Waals surface area contributed by atoms with E-state index in [2.05, 4.69) is 10.3 Å². The Morgan fingerprint density at radius 2 is 2.05 bits per heavy atom. The maximum atomic E-state index is 12.3. The van der Waals surface area contributed by atoms with Gasteiger partial charge in [-0.05, 0) is 24.3 Å². The number of nitrogens with one attached hydrogen (secondary N) is 1. The first-order chi connectivity index (χ1) is 10.1. The number of nitrogens with zero attached hydrogens (tertiary/aromatic N) is 1. The zero-order chi connectivity index (χ0) is 15.0. The highest BCUT2D eigenvalue weighted by molar-refractivity contribution is 7.21. The molecule has 0 aliphatic rings. The molecule has 0 fully saturated rings. The lowest BCUT2D eigenvalue weighted by molar-refractivity contribution is 0.103. The molecular formula is C14H7Cl3N2OS. The van der Waals surface area contributed by atoms with Crippen LogP contribution in [0.15, 0.2) is 36.7 Å². The van der Waals surface area contributed by atoms with E-state index in [1.807, 2.05) is 0 Å². The molecule has 0 radical (unpaired) electrons. The van der Waals surface area contributed by atoms with Gasteiger partial charge in [0, 0.05) is 21.3 Å². The smallest absolute Gasteiger partial charge is 0.267 e. The lowest BCUT2D eigenvalue weighted by atomic mass is 10.2. The third kappa shape index (κ3) is 2.85. The topological polar surface area (TPSA) is 42.0 Å². The minimum absolute atomic E-state index is 0.304. The van der Waals surface area contributed by atoms with E-state index in [0.717, 1.165) is 4.70 Å². The van der Waals surface area contributed by atoms with Crippen molar-refractivity contribution >= 4 is 67.8 Å². The Bertz CT molecular complexity index is 833. The molecule has 0 aliphatic heterocycles. The van der Waals surface area contributed by atoms with Crippen LogP contribution in [-0.2, 0) is 0 Å². The number of anilines is 1. The molecule has 0 saturated heterocycles. The van der Waals surface area contributed by atoms with Crippen LogP contribution < -0.4 is 5.32 Å². The molecule has 1 aromatic carbocycles. The van der Waals surface area contributed by atoms with Crippen LogP contribution in [0.4, 0.5) is 5.69 Å². The van der Waals surface area contributed by atoms with Gasteiger partial charge in [0.25, 0.3) is 5.91 Å². The Balaban J connectivity index is 2.03. The molecule has 1 amide bonds. The van der Waals surface area contributed by atoms with Crippen LogP contribution in [-0.4, -0.2) is 10.9 Å². The number of benzene rings is 1. The Kier molecular flexibility index (Phi) is 4.04. The van der Waals surface area contributed by atoms with Gasteiger partial charge in [0.2, 0.25) is 0 Å². The van der Waals surface area contributed by atoms with Crippen molar-refractivity contribution in [1.29, 1.82) is 0 Å². The number of hydrogen-bond donors (Lipinski definition) is 1. The molecule has 0 bridgehead atoms. The number of thiophene rings is 1. The van der Waals surface area contributed by atoms with E-state index < -0.39 is 0 Å². The van der Waals surface area contributed by atoms with E-state index in [9.17, 15) is 4.79 Å². The molecule has 3 rings (SSSR count). The summed E-state index contributed by atoms with van der Waals surface area (Å²) in [5, 5.41) is 4.65. The molecule has 2 aromatic heterocycles. The molecule has 1 N–H and O–H groups in total. The molecule has 0 unspecified atom stereocenters. The summed E-state index contributed by atoms with van der Waals surface area (Å²) in [7, 11) is 0. The van der Waals surface area contributed by atoms with Gasteiger partial charge >= 0.3 is 0 Å². The molecule has 0 saturated carbocycles. The highest BCUT2D eigenvalue weighted by Crippen LogP contribution is 2.41. The van der Waals surface area contributed by atoms with Crippen molar-refractivity contribution in [2.45, 2.75) is 0 Å². The highest BCUT2D eigenvalue weighted by Gasteiger charge is 2.19. The molecule has 7 heteroatoms. The molecule has 106 valence electrons. The fraction of sp³-hybridized carbons (Fsp3) is 0. The minimum Gasteiger partial charge on any atom is -0.320 e. The first-order valence-corrected chi connectivity index (χ1v) is 7.79. The number of pyridine rings is 1. The van der Waals surface area contributed by atoms with Gasteiger partial charge in [-0.1, -0.05) is 34.8 Å². The van der Waals surface area contributed by atoms with Crippen molar-refractivity contribution in [2.24, 2.45) is 0 Å². The normalized spacial score (nSPS) is 10.8. The zero-order valence-electron chi connectivity index (χ0n) is 10.4. The Hall–Kier alpha value is -1.33. The third-order valence-electron chi connectivity index (χ3n) is 2.78. The summed E-state index contributed by atoms with van der Waals surface area (Å²) >= 11 is 19.6. The van der Waals surface area contributed by atoms with Crippen LogP contribution in [0.25, 0.3) is 10.1 Å². The molecule has 2 heterocycles. The van der Waals surface area contributed by atoms with E-state index in [-0.39, 0.29) is 5.91 Å². The average Bonchev–Trinajstić information content (AvgIpc) is 2.77. The second kappa shape index (κ2) is 5.81. The van der Waals surface area contributed by atoms with Crippen LogP contribution in [0.2, 0.25) is 15.1 Å². The number of fused-ring (bicyclic) bond motifs is 1. The Morgan fingerprint density at radius 3 is 2.76 bits per heavy atom. The van der Waals surface area contributed by atoms with Gasteiger partial charge < -0.3 is 5.32 Å². The third-order valence-corrected chi connectivity index (χ3v) is 4.92. The van der Waals surface area contributed by atoms with Crippen molar-refractivity contribution in [1.82, 2.24) is 4.98 Å². The van der Waals surface area contributed by atoms with E-state index in [4.69, 9.17) is 34.8 Å². The molecular weight excluding hydrogens is 351 g/mol. The predicted octanol–water partition coefficient (Wildman–Crippen LogP) is 5.51. The van der Waals surface area contributed by atoms with Crippen molar-refractivity contribution in [3.8, 4) is 0 Å². The fourth-order valence-electron chi connectivity index (χ4n) is 1.88. The summed E-state index contributed by atoms with van der Waals surface area (Å²) < 4.78 is 0.772. The average molecular weight is 358 g/mol. The van der Waals surface area contributed by atoms with Gasteiger partial charge in [0.1, 0.15) is 4.88 Å². The summed E-state index contributed by atoms with van der Waals surface area (Å²) in [6.07, 6.45) is 3.19. The van der Waals surface area contributed by atoms with E-state index in [1.165, 1.54) is 11.3 Å². The number of amides is 1. The van der Waals surface area contributed by atoms with E-state index in [1.54, 1.807) is 36.7 Å². The first kappa shape index (κ1) is 14.6. The van der Waals surface area contributed by atoms with Crippen LogP contribution in [0.1, 0.15) is 9.67 Å². The van der Waals surface area contributed by atoms with Gasteiger partial charge in [0.15, 0.2) is 0 Å². The Morgan fingerprint density at radius 1 is 1.24 bits per heavy atom. The standard InChI is InChI=1S/C14H7Cl3N2OS/c15-7-4-9(16)11-10(5-7)21-13(12(11)17)14(20)19-8-2-1-3-18-6-8/h1-6H,(H,19,20). The highest BCUT2D eigenvalue weighted by atomic mass is 35.5. The van der Waals surface area contributed by atoms with Crippen LogP contribution in [0.5, 0.6) is 0 Å². The molecule has 0 spiro atoms. The van der Waals surface area contributed by atoms with Crippen LogP contribution >= 0.6 is 46.1 Å². The summed E-state index contributed by atoms with van der Waals surface area (Å²) in [5.74, 6) is -0.304. The summed E-state index contributed by atoms with van der Waals surface area (Å²) in [5.41, 5.74) is 0.597. The number of carbonyl (C=O) groups is 1. The monoisotopic (exact) mass is 356 g/mol. The predicted molar refractivity (Wildman–Crippen MR) is 89.0 cm³/mol. The van der Waals surface area contributed by atoms with Crippen molar-refractivity contribution in [3.63, 3.8) is 0 Å². The summed E-state index contributed by atoms with van der Waals surface area (Å²) in [4.78, 5) is 16.6. The molecule has 3 aromatic rings. The Labute approximate surface area is 139 Å². The minimum atomic E-state index is -0.304. The number of aromatic nitrogens is 1. The number of halogens is 3. The fourth-order valence-corrected chi connectivity index (χ4v) is 4.16. The molecule has 0 aliphatic carbocycles. The maximum absolute atomic E-state index is 12.3. The number of rotatable bonds is 2. The summed E-state index contributed by atoms with van der Waals surface area (Å²) in [6, 6.07) is 6.82. The second-order valence-electron chi connectivity index (χ2n) is 4.20. The van der Waals surface area contributed by atoms with Gasteiger partial charge in [-0.3, -0.25) is 9.78 Å². The number of carbonyl (C=O) groups excluding carboxylic acids is 1. The quantitative estimate of drug-likeness (QED) is 0.657. The van der Waals surface area contributed by atoms with Gasteiger partial charge in [-0.15, -0.1) is 11.3 Å². The van der Waals surface area contributed by atoms with Crippen molar-refractivity contribution < 1.29 is 4.79 Å². The van der Waals surface area contributed by atoms with Gasteiger partial charge in [-0.25, -0.2) is 0 Å². The lowest BCUT2D eigenvalue weighted by Gasteiger charge is -2.02. The first-order valence-electron chi connectivity index (χ1n) is 5.84. The molecule has 3 nitrogen and oxygen atoms in total. The van der Waals surface area contributed by atoms with Gasteiger partial charge in [-0.2, -0.15) is 0 Å². The van der Waals surface area contributed by atoms with E-state index >= 15 is 0 Å². The van der Waals surface area contributed by atoms with E-state index in [0.29, 0.717) is 31.0 Å².